The molecule has 0 spiro atoms. The van der Waals surface area contributed by atoms with Crippen LogP contribution in [0.3, 0.4) is 0 Å². The Hall–Kier alpha value is -2.17. The van der Waals surface area contributed by atoms with Crippen molar-refractivity contribution in [3.05, 3.63) is 30.0 Å². The average Bonchev–Trinajstić information content (AvgIpc) is 3.09. The number of nitrogens with zero attached hydrogens (tertiary/aromatic N) is 4. The number of carbonyl (C=O) groups excluding carboxylic acids is 1. The highest BCUT2D eigenvalue weighted by Gasteiger charge is 2.24. The first-order valence-electron chi connectivity index (χ1n) is 9.59. The van der Waals surface area contributed by atoms with Gasteiger partial charge in [0.05, 0.1) is 5.69 Å². The van der Waals surface area contributed by atoms with Crippen molar-refractivity contribution in [3.63, 3.8) is 0 Å². The van der Waals surface area contributed by atoms with E-state index in [0.717, 1.165) is 5.69 Å². The lowest BCUT2D eigenvalue weighted by Gasteiger charge is -2.33. The predicted octanol–water partition coefficient (Wildman–Crippen LogP) is 3.09. The number of aryl methyl sites for hydroxylation is 1. The van der Waals surface area contributed by atoms with E-state index in [1.165, 1.54) is 54.9 Å². The Kier molecular flexibility index (Phi) is 12.2. The minimum Gasteiger partial charge on any atom is -0.399 e. The van der Waals surface area contributed by atoms with E-state index in [0.29, 0.717) is 15.0 Å². The Balaban J connectivity index is 0.000000494. The molecule has 2 aromatic rings. The number of nitrogens with two attached hydrogens (primary N) is 1. The Morgan fingerprint density at radius 2 is 1.57 bits per heavy atom. The van der Waals surface area contributed by atoms with Gasteiger partial charge in [0.1, 0.15) is 6.79 Å². The topological polar surface area (TPSA) is 99.8 Å². The molecule has 30 heavy (non-hydrogen) atoms. The number of aromatic nitrogens is 1. The monoisotopic (exact) mass is 457 g/mol. The van der Waals surface area contributed by atoms with Gasteiger partial charge in [-0.3, -0.25) is 0 Å². The second kappa shape index (κ2) is 13.2. The van der Waals surface area contributed by atoms with Crippen LogP contribution < -0.4 is 15.5 Å². The third-order valence-electron chi connectivity index (χ3n) is 3.95. The lowest BCUT2D eigenvalue weighted by Crippen LogP contribution is -2.36. The zero-order chi connectivity index (χ0) is 23.5. The van der Waals surface area contributed by atoms with Gasteiger partial charge in [-0.1, -0.05) is 25.2 Å². The fourth-order valence-corrected chi connectivity index (χ4v) is 4.79. The van der Waals surface area contributed by atoms with Gasteiger partial charge in [-0.25, -0.2) is 17.7 Å². The summed E-state index contributed by atoms with van der Waals surface area (Å²) in [5, 5.41) is 0.702. The van der Waals surface area contributed by atoms with Crippen LogP contribution >= 0.6 is 11.3 Å². The van der Waals surface area contributed by atoms with E-state index in [9.17, 15) is 8.42 Å². The molecule has 1 saturated heterocycles. The van der Waals surface area contributed by atoms with Crippen LogP contribution in [0.15, 0.2) is 28.5 Å². The summed E-state index contributed by atoms with van der Waals surface area (Å²) in [6, 6.07) is 8.06. The number of sulfonamides is 1. The van der Waals surface area contributed by atoms with Crippen LogP contribution in [-0.4, -0.2) is 65.8 Å². The summed E-state index contributed by atoms with van der Waals surface area (Å²) in [4.78, 5) is 16.3. The van der Waals surface area contributed by atoms with Crippen molar-refractivity contribution >= 4 is 44.7 Å². The molecular weight excluding hydrogens is 422 g/mol. The zero-order valence-electron chi connectivity index (χ0n) is 19.0. The molecule has 2 N–H and O–H groups in total. The van der Waals surface area contributed by atoms with Gasteiger partial charge in [-0.15, -0.1) is 0 Å². The molecule has 0 bridgehead atoms. The fourth-order valence-electron chi connectivity index (χ4n) is 2.22. The molecule has 2 heterocycles. The molecule has 0 radical (unpaired) electrons. The maximum absolute atomic E-state index is 11.9. The number of anilines is 3. The van der Waals surface area contributed by atoms with E-state index in [-0.39, 0.29) is 0 Å². The zero-order valence-corrected chi connectivity index (χ0v) is 20.7. The summed E-state index contributed by atoms with van der Waals surface area (Å²) in [5.74, 6) is 0. The Morgan fingerprint density at radius 1 is 1.07 bits per heavy atom. The van der Waals surface area contributed by atoms with E-state index >= 15 is 0 Å². The van der Waals surface area contributed by atoms with Crippen molar-refractivity contribution in [3.8, 4) is 0 Å². The molecule has 8 nitrogen and oxygen atoms in total. The van der Waals surface area contributed by atoms with Crippen molar-refractivity contribution in [1.29, 1.82) is 0 Å². The second-order valence-corrected chi connectivity index (χ2v) is 9.81. The van der Waals surface area contributed by atoms with Gasteiger partial charge in [0.2, 0.25) is 0 Å². The molecular formula is C20H35N5O3S2. The van der Waals surface area contributed by atoms with Gasteiger partial charge in [0.25, 0.3) is 10.0 Å². The molecule has 0 unspecified atom stereocenters. The van der Waals surface area contributed by atoms with E-state index in [2.05, 4.69) is 22.0 Å². The highest BCUT2D eigenvalue weighted by Crippen LogP contribution is 2.29. The third kappa shape index (κ3) is 7.58. The Labute approximate surface area is 185 Å². The molecule has 0 amide bonds. The van der Waals surface area contributed by atoms with E-state index in [1.807, 2.05) is 46.9 Å². The minimum atomic E-state index is -3.36. The average molecular weight is 458 g/mol. The lowest BCUT2D eigenvalue weighted by atomic mass is 10.2. The first-order chi connectivity index (χ1) is 14.1. The number of benzene rings is 1. The van der Waals surface area contributed by atoms with Gasteiger partial charge in [-0.2, -0.15) is 0 Å². The van der Waals surface area contributed by atoms with Gasteiger partial charge < -0.3 is 20.3 Å². The normalized spacial score (nSPS) is 12.3. The van der Waals surface area contributed by atoms with Crippen LogP contribution in [0.25, 0.3) is 0 Å². The van der Waals surface area contributed by atoms with Gasteiger partial charge in [-0.05, 0) is 37.6 Å². The highest BCUT2D eigenvalue weighted by molar-refractivity contribution is 7.91. The first-order valence-corrected chi connectivity index (χ1v) is 11.8. The van der Waals surface area contributed by atoms with Crippen molar-refractivity contribution in [2.24, 2.45) is 0 Å². The fraction of sp³-hybridized carbons (Fsp3) is 0.500. The number of hydrogen-bond donors (Lipinski definition) is 1. The second-order valence-electron chi connectivity index (χ2n) is 6.48. The summed E-state index contributed by atoms with van der Waals surface area (Å²) in [5.41, 5.74) is 8.26. The maximum Gasteiger partial charge on any atom is 0.254 e. The Morgan fingerprint density at radius 3 is 1.90 bits per heavy atom. The molecule has 3 rings (SSSR count). The molecule has 0 aliphatic carbocycles. The standard InChI is InChI=1S/C9H12N2.C8H15N3O2S2.C2H6.CH2O/c10-8-2-4-9(5-3-8)11-6-1-7-11;1-6-7(15(12,13)11(4)5)14-8(9-6)10(2)3;2*1-2/h2-5H,1,6-7,10H2;1-5H3;1-2H3;1H2. The summed E-state index contributed by atoms with van der Waals surface area (Å²) < 4.78 is 25.3. The SMILES string of the molecule is C=O.CC.Cc1nc(N(C)C)sc1S(=O)(=O)N(C)C.Nc1ccc(N2CCC2)cc1. The molecule has 1 aromatic heterocycles. The van der Waals surface area contributed by atoms with Crippen LogP contribution in [0.4, 0.5) is 16.5 Å². The van der Waals surface area contributed by atoms with E-state index in [4.69, 9.17) is 10.5 Å². The van der Waals surface area contributed by atoms with Gasteiger partial charge in [0.15, 0.2) is 9.34 Å². The highest BCUT2D eigenvalue weighted by atomic mass is 32.2. The molecule has 10 heteroatoms. The molecule has 170 valence electrons. The predicted molar refractivity (Wildman–Crippen MR) is 128 cm³/mol. The molecule has 0 atom stereocenters. The largest absolute Gasteiger partial charge is 0.399 e. The maximum atomic E-state index is 11.9. The minimum absolute atomic E-state index is 0.316. The number of rotatable bonds is 4. The quantitative estimate of drug-likeness (QED) is 0.704. The van der Waals surface area contributed by atoms with E-state index in [1.54, 1.807) is 11.8 Å². The third-order valence-corrected chi connectivity index (χ3v) is 7.68. The molecule has 1 aliphatic heterocycles. The van der Waals surface area contributed by atoms with Crippen molar-refractivity contribution in [2.75, 3.05) is 56.8 Å². The van der Waals surface area contributed by atoms with Crippen molar-refractivity contribution < 1.29 is 13.2 Å². The van der Waals surface area contributed by atoms with Gasteiger partial charge in [0, 0.05) is 52.7 Å². The first kappa shape index (κ1) is 27.8. The van der Waals surface area contributed by atoms with E-state index < -0.39 is 10.0 Å². The number of nitrogen functional groups attached to an aromatic ring is 1. The molecule has 0 saturated carbocycles. The summed E-state index contributed by atoms with van der Waals surface area (Å²) >= 11 is 1.19. The summed E-state index contributed by atoms with van der Waals surface area (Å²) in [7, 11) is 3.35. The molecule has 1 aromatic carbocycles. The van der Waals surface area contributed by atoms with Crippen LogP contribution in [0.1, 0.15) is 26.0 Å². The van der Waals surface area contributed by atoms with Crippen molar-refractivity contribution in [2.45, 2.75) is 31.4 Å². The molecule has 1 aliphatic rings. The van der Waals surface area contributed by atoms with Crippen LogP contribution in [0.2, 0.25) is 0 Å². The lowest BCUT2D eigenvalue weighted by molar-refractivity contribution is -0.0980. The number of carbonyl (C=O) groups is 1. The van der Waals surface area contributed by atoms with Gasteiger partial charge >= 0.3 is 0 Å². The van der Waals surface area contributed by atoms with Crippen molar-refractivity contribution in [1.82, 2.24) is 9.29 Å². The molecule has 1 fully saturated rings. The van der Waals surface area contributed by atoms with Crippen LogP contribution in [-0.2, 0) is 14.8 Å². The Bertz CT molecular complexity index is 846. The number of hydrogen-bond acceptors (Lipinski definition) is 8. The smallest absolute Gasteiger partial charge is 0.254 e. The summed E-state index contributed by atoms with van der Waals surface area (Å²) in [6.45, 7) is 10.1. The number of thiazole rings is 1. The van der Waals surface area contributed by atoms with Crippen LogP contribution in [0.5, 0.6) is 0 Å². The summed E-state index contributed by atoms with van der Waals surface area (Å²) in [6.07, 6.45) is 1.32. The van der Waals surface area contributed by atoms with Crippen LogP contribution in [0, 0.1) is 6.92 Å².